The second-order valence-electron chi connectivity index (χ2n) is 9.44. The summed E-state index contributed by atoms with van der Waals surface area (Å²) < 4.78 is 6.87. The van der Waals surface area contributed by atoms with E-state index in [0.29, 0.717) is 27.9 Å². The Hall–Kier alpha value is -3.62. The Labute approximate surface area is 231 Å². The SMILES string of the molecule is COc1ccccc1N=C(C(C)C)C1C(N)=NC(=O)N(c2cc(Cl)c(=O)n(C)c2)C1c1ccc(Cl)cc1C. The minimum Gasteiger partial charge on any atom is -0.494 e. The van der Waals surface area contributed by atoms with Crippen LogP contribution in [0.15, 0.2) is 69.5 Å². The normalized spacial score (nSPS) is 18.1. The molecule has 2 aromatic carbocycles. The molecule has 8 nitrogen and oxygen atoms in total. The van der Waals surface area contributed by atoms with Gasteiger partial charge in [-0.2, -0.15) is 4.99 Å². The number of ether oxygens (including phenoxy) is 1. The van der Waals surface area contributed by atoms with Crippen molar-refractivity contribution in [1.29, 1.82) is 0 Å². The molecular weight excluding hydrogens is 525 g/mol. The van der Waals surface area contributed by atoms with Gasteiger partial charge in [-0.15, -0.1) is 0 Å². The number of anilines is 1. The molecule has 0 saturated heterocycles. The predicted octanol–water partition coefficient (Wildman–Crippen LogP) is 6.09. The molecule has 2 amide bonds. The number of amides is 2. The number of methoxy groups -OCH3 is 1. The van der Waals surface area contributed by atoms with Crippen LogP contribution in [0.3, 0.4) is 0 Å². The maximum Gasteiger partial charge on any atom is 0.350 e. The molecule has 10 heteroatoms. The second-order valence-corrected chi connectivity index (χ2v) is 10.3. The number of carbonyl (C=O) groups excluding carboxylic acids is 1. The van der Waals surface area contributed by atoms with Crippen LogP contribution in [0.25, 0.3) is 0 Å². The first-order valence-corrected chi connectivity index (χ1v) is 12.8. The van der Waals surface area contributed by atoms with Gasteiger partial charge in [-0.05, 0) is 54.3 Å². The van der Waals surface area contributed by atoms with Crippen LogP contribution in [0.1, 0.15) is 31.0 Å². The molecule has 2 N–H and O–H groups in total. The number of aromatic nitrogens is 1. The first-order valence-electron chi connectivity index (χ1n) is 12.0. The number of aliphatic imine (C=N–C) groups is 2. The van der Waals surface area contributed by atoms with Gasteiger partial charge < -0.3 is 15.0 Å². The van der Waals surface area contributed by atoms with Gasteiger partial charge in [0, 0.05) is 24.0 Å². The van der Waals surface area contributed by atoms with Crippen LogP contribution in [-0.2, 0) is 7.05 Å². The molecule has 1 aliphatic rings. The molecule has 3 aromatic rings. The summed E-state index contributed by atoms with van der Waals surface area (Å²) in [6.07, 6.45) is 1.56. The molecule has 0 spiro atoms. The Morgan fingerprint density at radius 1 is 1.13 bits per heavy atom. The van der Waals surface area contributed by atoms with Crippen molar-refractivity contribution in [1.82, 2.24) is 4.57 Å². The van der Waals surface area contributed by atoms with E-state index in [-0.39, 0.29) is 22.3 Å². The van der Waals surface area contributed by atoms with E-state index >= 15 is 0 Å². The van der Waals surface area contributed by atoms with Gasteiger partial charge in [0.05, 0.1) is 24.8 Å². The van der Waals surface area contributed by atoms with E-state index < -0.39 is 18.0 Å². The van der Waals surface area contributed by atoms with Gasteiger partial charge in [0.15, 0.2) is 0 Å². The van der Waals surface area contributed by atoms with Crippen LogP contribution in [0.5, 0.6) is 5.75 Å². The Bertz CT molecular complexity index is 1490. The van der Waals surface area contributed by atoms with Gasteiger partial charge in [-0.25, -0.2) is 4.79 Å². The number of halogens is 2. The number of urea groups is 1. The number of pyridine rings is 1. The zero-order valence-electron chi connectivity index (χ0n) is 21.8. The topological polar surface area (TPSA) is 102 Å². The lowest BCUT2D eigenvalue weighted by molar-refractivity contribution is 0.249. The molecule has 0 fully saturated rings. The van der Waals surface area contributed by atoms with E-state index in [1.165, 1.54) is 15.5 Å². The van der Waals surface area contributed by atoms with Crippen LogP contribution in [0.4, 0.5) is 16.2 Å². The van der Waals surface area contributed by atoms with E-state index in [9.17, 15) is 9.59 Å². The van der Waals surface area contributed by atoms with E-state index in [2.05, 4.69) is 4.99 Å². The van der Waals surface area contributed by atoms with Crippen LogP contribution in [0.2, 0.25) is 10.0 Å². The van der Waals surface area contributed by atoms with Gasteiger partial charge in [0.25, 0.3) is 5.56 Å². The maximum atomic E-state index is 13.5. The fraction of sp³-hybridized carbons (Fsp3) is 0.286. The third kappa shape index (κ3) is 5.19. The summed E-state index contributed by atoms with van der Waals surface area (Å²) >= 11 is 12.6. The van der Waals surface area contributed by atoms with Crippen molar-refractivity contribution in [2.45, 2.75) is 26.8 Å². The summed E-state index contributed by atoms with van der Waals surface area (Å²) in [5.41, 5.74) is 9.59. The molecule has 2 atom stereocenters. The molecule has 0 radical (unpaired) electrons. The van der Waals surface area contributed by atoms with Crippen molar-refractivity contribution in [3.8, 4) is 5.75 Å². The summed E-state index contributed by atoms with van der Waals surface area (Å²) in [7, 11) is 3.16. The van der Waals surface area contributed by atoms with Crippen LogP contribution >= 0.6 is 23.2 Å². The van der Waals surface area contributed by atoms with Crippen LogP contribution in [-0.4, -0.2) is 29.3 Å². The minimum absolute atomic E-state index is 0.0183. The third-order valence-electron chi connectivity index (χ3n) is 6.54. The second kappa shape index (κ2) is 11.0. The zero-order valence-corrected chi connectivity index (χ0v) is 23.3. The van der Waals surface area contributed by atoms with Crippen molar-refractivity contribution in [3.63, 3.8) is 0 Å². The fourth-order valence-corrected chi connectivity index (χ4v) is 5.21. The standard InChI is InChI=1S/C28H29Cl2N5O3/c1-15(2)24(32-21-8-6-7-9-22(21)38-5)23-25(19-11-10-17(29)12-16(19)3)35(28(37)33-26(23)31)18-13-20(30)27(36)34(4)14-18/h6-15,23,25H,1-5H3,(H2,31,33,37). The summed E-state index contributed by atoms with van der Waals surface area (Å²) in [4.78, 5) is 36.6. The number of carbonyl (C=O) groups is 1. The van der Waals surface area contributed by atoms with Gasteiger partial charge in [-0.3, -0.25) is 14.7 Å². The third-order valence-corrected chi connectivity index (χ3v) is 7.05. The lowest BCUT2D eigenvalue weighted by atomic mass is 9.80. The highest BCUT2D eigenvalue weighted by Crippen LogP contribution is 2.41. The Morgan fingerprint density at radius 3 is 2.47 bits per heavy atom. The number of para-hydroxylation sites is 2. The molecule has 1 aliphatic heterocycles. The van der Waals surface area contributed by atoms with E-state index in [0.717, 1.165) is 11.1 Å². The largest absolute Gasteiger partial charge is 0.494 e. The number of hydrogen-bond donors (Lipinski definition) is 1. The summed E-state index contributed by atoms with van der Waals surface area (Å²) in [5, 5.41) is 0.547. The fourth-order valence-electron chi connectivity index (χ4n) is 4.74. The van der Waals surface area contributed by atoms with Gasteiger partial charge in [0.1, 0.15) is 22.3 Å². The Morgan fingerprint density at radius 2 is 1.84 bits per heavy atom. The van der Waals surface area contributed by atoms with Crippen molar-refractivity contribution in [2.75, 3.05) is 12.0 Å². The Balaban J connectivity index is 2.03. The summed E-state index contributed by atoms with van der Waals surface area (Å²) in [5.74, 6) is 0.0684. The number of hydrogen-bond acceptors (Lipinski definition) is 5. The molecule has 2 unspecified atom stereocenters. The molecule has 0 saturated carbocycles. The number of benzene rings is 2. The quantitative estimate of drug-likeness (QED) is 0.373. The smallest absolute Gasteiger partial charge is 0.350 e. The molecule has 0 aliphatic carbocycles. The number of nitrogens with zero attached hydrogens (tertiary/aromatic N) is 4. The molecule has 198 valence electrons. The van der Waals surface area contributed by atoms with Crippen molar-refractivity contribution >= 4 is 52.2 Å². The number of aryl methyl sites for hydroxylation is 2. The number of amidine groups is 1. The molecule has 0 bridgehead atoms. The molecule has 2 heterocycles. The molecule has 4 rings (SSSR count). The predicted molar refractivity (Wildman–Crippen MR) is 154 cm³/mol. The average molecular weight is 554 g/mol. The van der Waals surface area contributed by atoms with Gasteiger partial charge in [-0.1, -0.05) is 55.2 Å². The molecule has 38 heavy (non-hydrogen) atoms. The number of rotatable bonds is 6. The van der Waals surface area contributed by atoms with E-state index in [1.54, 1.807) is 26.4 Å². The van der Waals surface area contributed by atoms with Gasteiger partial charge >= 0.3 is 6.03 Å². The van der Waals surface area contributed by atoms with Crippen LogP contribution < -0.4 is 20.9 Å². The zero-order chi connectivity index (χ0) is 27.7. The summed E-state index contributed by atoms with van der Waals surface area (Å²) in [6.45, 7) is 5.94. The number of nitrogens with two attached hydrogens (primary N) is 1. The lowest BCUT2D eigenvalue weighted by Crippen LogP contribution is -2.51. The van der Waals surface area contributed by atoms with Crippen molar-refractivity contribution < 1.29 is 9.53 Å². The molecule has 1 aromatic heterocycles. The highest BCUT2D eigenvalue weighted by atomic mass is 35.5. The average Bonchev–Trinajstić information content (AvgIpc) is 2.86. The van der Waals surface area contributed by atoms with Crippen molar-refractivity contribution in [2.24, 2.45) is 34.6 Å². The van der Waals surface area contributed by atoms with E-state index in [4.69, 9.17) is 38.7 Å². The lowest BCUT2D eigenvalue weighted by Gasteiger charge is -2.41. The maximum absolute atomic E-state index is 13.5. The first kappa shape index (κ1) is 27.4. The van der Waals surface area contributed by atoms with Crippen LogP contribution in [0, 0.1) is 18.8 Å². The summed E-state index contributed by atoms with van der Waals surface area (Å²) in [6, 6.07) is 13.2. The monoisotopic (exact) mass is 553 g/mol. The minimum atomic E-state index is -0.651. The Kier molecular flexibility index (Phi) is 7.94. The van der Waals surface area contributed by atoms with Gasteiger partial charge in [0.2, 0.25) is 0 Å². The highest BCUT2D eigenvalue weighted by Gasteiger charge is 2.44. The first-order chi connectivity index (χ1) is 18.0. The molecular formula is C28H29Cl2N5O3. The highest BCUT2D eigenvalue weighted by molar-refractivity contribution is 6.31. The van der Waals surface area contributed by atoms with Crippen molar-refractivity contribution in [3.05, 3.63) is 86.3 Å². The van der Waals surface area contributed by atoms with E-state index in [1.807, 2.05) is 57.2 Å².